The van der Waals surface area contributed by atoms with Gasteiger partial charge in [0, 0.05) is 12.0 Å². The largest absolute Gasteiger partial charge is 0.481 e. The molecule has 1 N–H and O–H groups in total. The molecule has 0 unspecified atom stereocenters. The first kappa shape index (κ1) is 16.6. The number of rotatable bonds is 8. The highest BCUT2D eigenvalue weighted by Gasteiger charge is 2.08. The molecule has 0 amide bonds. The van der Waals surface area contributed by atoms with Crippen molar-refractivity contribution in [3.05, 3.63) is 34.1 Å². The SMILES string of the molecule is C/C(=N/OCCCCCC(=O)O)c1cccc(Br)c1F. The molecule has 0 radical (unpaired) electrons. The quantitative estimate of drug-likeness (QED) is 0.440. The Morgan fingerprint density at radius 1 is 1.40 bits per heavy atom. The van der Waals surface area contributed by atoms with E-state index in [-0.39, 0.29) is 12.2 Å². The maximum absolute atomic E-state index is 13.8. The zero-order chi connectivity index (χ0) is 15.0. The molecule has 0 heterocycles. The van der Waals surface area contributed by atoms with E-state index in [4.69, 9.17) is 9.94 Å². The van der Waals surface area contributed by atoms with Gasteiger partial charge in [-0.15, -0.1) is 0 Å². The van der Waals surface area contributed by atoms with Crippen LogP contribution in [0.1, 0.15) is 38.2 Å². The first-order valence-corrected chi connectivity index (χ1v) is 7.14. The topological polar surface area (TPSA) is 58.9 Å². The fraction of sp³-hybridized carbons (Fsp3) is 0.429. The standard InChI is InChI=1S/C14H17BrFNO3/c1-10(11-6-5-7-12(15)14(11)16)17-20-9-4-2-3-8-13(18)19/h5-7H,2-4,8-9H2,1H3,(H,18,19)/b17-10-. The summed E-state index contributed by atoms with van der Waals surface area (Å²) in [5.41, 5.74) is 0.861. The fourth-order valence-electron chi connectivity index (χ4n) is 1.59. The van der Waals surface area contributed by atoms with Gasteiger partial charge in [-0.1, -0.05) is 17.3 Å². The second kappa shape index (κ2) is 8.68. The molecule has 1 aromatic carbocycles. The van der Waals surface area contributed by atoms with Crippen molar-refractivity contribution < 1.29 is 19.1 Å². The lowest BCUT2D eigenvalue weighted by Crippen LogP contribution is -2.01. The Kier molecular flexibility index (Phi) is 7.22. The van der Waals surface area contributed by atoms with E-state index in [0.717, 1.165) is 12.8 Å². The van der Waals surface area contributed by atoms with Crippen LogP contribution in [0.5, 0.6) is 0 Å². The van der Waals surface area contributed by atoms with E-state index in [2.05, 4.69) is 21.1 Å². The van der Waals surface area contributed by atoms with Crippen LogP contribution in [0.25, 0.3) is 0 Å². The van der Waals surface area contributed by atoms with Gasteiger partial charge in [0.2, 0.25) is 0 Å². The Bertz CT molecular complexity index is 491. The van der Waals surface area contributed by atoms with Crippen molar-refractivity contribution in [2.45, 2.75) is 32.6 Å². The van der Waals surface area contributed by atoms with Crippen molar-refractivity contribution >= 4 is 27.6 Å². The molecule has 1 aromatic rings. The van der Waals surface area contributed by atoms with Gasteiger partial charge in [-0.05, 0) is 48.2 Å². The number of hydrogen-bond acceptors (Lipinski definition) is 3. The summed E-state index contributed by atoms with van der Waals surface area (Å²) in [5, 5.41) is 12.3. The molecule has 0 aliphatic rings. The molecule has 1 rings (SSSR count). The van der Waals surface area contributed by atoms with Crippen molar-refractivity contribution in [1.82, 2.24) is 0 Å². The summed E-state index contributed by atoms with van der Waals surface area (Å²) in [6.07, 6.45) is 2.30. The Hall–Kier alpha value is -1.43. The molecule has 0 fully saturated rings. The third kappa shape index (κ3) is 5.69. The van der Waals surface area contributed by atoms with Gasteiger partial charge >= 0.3 is 5.97 Å². The molecular weight excluding hydrogens is 329 g/mol. The van der Waals surface area contributed by atoms with Gasteiger partial charge in [0.25, 0.3) is 0 Å². The number of aliphatic carboxylic acids is 1. The van der Waals surface area contributed by atoms with Gasteiger partial charge in [0.15, 0.2) is 0 Å². The van der Waals surface area contributed by atoms with E-state index >= 15 is 0 Å². The highest BCUT2D eigenvalue weighted by molar-refractivity contribution is 9.10. The van der Waals surface area contributed by atoms with E-state index in [9.17, 15) is 9.18 Å². The van der Waals surface area contributed by atoms with Crippen molar-refractivity contribution in [2.75, 3.05) is 6.61 Å². The van der Waals surface area contributed by atoms with Crippen LogP contribution in [0.15, 0.2) is 27.8 Å². The zero-order valence-electron chi connectivity index (χ0n) is 11.2. The van der Waals surface area contributed by atoms with Gasteiger partial charge in [0.1, 0.15) is 12.4 Å². The van der Waals surface area contributed by atoms with Crippen molar-refractivity contribution in [3.63, 3.8) is 0 Å². The van der Waals surface area contributed by atoms with Gasteiger partial charge in [0.05, 0.1) is 10.2 Å². The van der Waals surface area contributed by atoms with Crippen molar-refractivity contribution in [2.24, 2.45) is 5.16 Å². The zero-order valence-corrected chi connectivity index (χ0v) is 12.8. The lowest BCUT2D eigenvalue weighted by molar-refractivity contribution is -0.137. The van der Waals surface area contributed by atoms with Gasteiger partial charge in [-0.25, -0.2) is 4.39 Å². The smallest absolute Gasteiger partial charge is 0.303 e. The summed E-state index contributed by atoms with van der Waals surface area (Å²) in [7, 11) is 0. The summed E-state index contributed by atoms with van der Waals surface area (Å²) in [6.45, 7) is 2.07. The van der Waals surface area contributed by atoms with E-state index in [1.165, 1.54) is 0 Å². The van der Waals surface area contributed by atoms with E-state index in [0.29, 0.717) is 28.8 Å². The molecule has 0 bridgehead atoms. The molecule has 20 heavy (non-hydrogen) atoms. The van der Waals surface area contributed by atoms with Crippen LogP contribution in [0.4, 0.5) is 4.39 Å². The normalized spacial score (nSPS) is 11.4. The average Bonchev–Trinajstić information content (AvgIpc) is 2.40. The van der Waals surface area contributed by atoms with Gasteiger partial charge < -0.3 is 9.94 Å². The van der Waals surface area contributed by atoms with E-state index in [1.54, 1.807) is 25.1 Å². The summed E-state index contributed by atoms with van der Waals surface area (Å²) < 4.78 is 14.2. The maximum Gasteiger partial charge on any atom is 0.303 e. The molecule has 0 spiro atoms. The lowest BCUT2D eigenvalue weighted by atomic mass is 10.1. The maximum atomic E-state index is 13.8. The second-order valence-corrected chi connectivity index (χ2v) is 5.17. The van der Waals surface area contributed by atoms with Crippen LogP contribution in [-0.4, -0.2) is 23.4 Å². The Morgan fingerprint density at radius 2 is 2.15 bits per heavy atom. The van der Waals surface area contributed by atoms with Crippen LogP contribution < -0.4 is 0 Å². The Labute approximate surface area is 125 Å². The van der Waals surface area contributed by atoms with Gasteiger partial charge in [-0.3, -0.25) is 4.79 Å². The first-order chi connectivity index (χ1) is 9.52. The predicted octanol–water partition coefficient (Wildman–Crippen LogP) is 3.97. The second-order valence-electron chi connectivity index (χ2n) is 4.32. The average molecular weight is 346 g/mol. The van der Waals surface area contributed by atoms with E-state index < -0.39 is 5.97 Å². The summed E-state index contributed by atoms with van der Waals surface area (Å²) in [5.74, 6) is -1.15. The number of benzene rings is 1. The number of halogens is 2. The number of hydrogen-bond donors (Lipinski definition) is 1. The van der Waals surface area contributed by atoms with Crippen LogP contribution in [0.2, 0.25) is 0 Å². The van der Waals surface area contributed by atoms with Crippen LogP contribution in [0, 0.1) is 5.82 Å². The Balaban J connectivity index is 2.35. The molecule has 0 aliphatic carbocycles. The molecular formula is C14H17BrFNO3. The highest BCUT2D eigenvalue weighted by Crippen LogP contribution is 2.19. The fourth-order valence-corrected chi connectivity index (χ4v) is 1.96. The van der Waals surface area contributed by atoms with Crippen LogP contribution >= 0.6 is 15.9 Å². The predicted molar refractivity (Wildman–Crippen MR) is 78.4 cm³/mol. The summed E-state index contributed by atoms with van der Waals surface area (Å²) in [4.78, 5) is 15.4. The number of carbonyl (C=O) groups is 1. The summed E-state index contributed by atoms with van der Waals surface area (Å²) in [6, 6.07) is 4.98. The lowest BCUT2D eigenvalue weighted by Gasteiger charge is -2.04. The first-order valence-electron chi connectivity index (χ1n) is 6.35. The van der Waals surface area contributed by atoms with Gasteiger partial charge in [-0.2, -0.15) is 0 Å². The highest BCUT2D eigenvalue weighted by atomic mass is 79.9. The minimum atomic E-state index is -0.787. The number of carboxylic acid groups (broad SMARTS) is 1. The summed E-state index contributed by atoms with van der Waals surface area (Å²) >= 11 is 3.12. The minimum Gasteiger partial charge on any atom is -0.481 e. The molecule has 0 saturated heterocycles. The van der Waals surface area contributed by atoms with E-state index in [1.807, 2.05) is 0 Å². The number of nitrogens with zero attached hydrogens (tertiary/aromatic N) is 1. The third-order valence-corrected chi connectivity index (χ3v) is 3.28. The van der Waals surface area contributed by atoms with Crippen molar-refractivity contribution in [1.29, 1.82) is 0 Å². The van der Waals surface area contributed by atoms with Crippen LogP contribution in [-0.2, 0) is 9.63 Å². The third-order valence-electron chi connectivity index (χ3n) is 2.67. The molecule has 0 aromatic heterocycles. The molecule has 110 valence electrons. The number of carboxylic acids is 1. The number of oxime groups is 1. The molecule has 4 nitrogen and oxygen atoms in total. The molecule has 0 aliphatic heterocycles. The van der Waals surface area contributed by atoms with Crippen molar-refractivity contribution in [3.8, 4) is 0 Å². The molecule has 6 heteroatoms. The van der Waals surface area contributed by atoms with Crippen LogP contribution in [0.3, 0.4) is 0 Å². The monoisotopic (exact) mass is 345 g/mol. The molecule has 0 saturated carbocycles. The number of unbranched alkanes of at least 4 members (excludes halogenated alkanes) is 2. The molecule has 0 atom stereocenters. The Morgan fingerprint density at radius 3 is 2.85 bits per heavy atom. The minimum absolute atomic E-state index is 0.172.